The molecule has 1 N–H and O–H groups in total. The molecule has 0 radical (unpaired) electrons. The highest BCUT2D eigenvalue weighted by atomic mass is 16.5. The number of rotatable bonds is 3. The predicted molar refractivity (Wildman–Crippen MR) is 88.6 cm³/mol. The monoisotopic (exact) mass is 309 g/mol. The molecule has 1 aromatic carbocycles. The van der Waals surface area contributed by atoms with E-state index >= 15 is 0 Å². The Balaban J connectivity index is 2.05. The quantitative estimate of drug-likeness (QED) is 0.809. The molecule has 1 aliphatic rings. The second kappa shape index (κ2) is 5.66. The molecule has 5 heteroatoms. The van der Waals surface area contributed by atoms with Gasteiger partial charge in [0.05, 0.1) is 18.0 Å². The van der Waals surface area contributed by atoms with E-state index in [2.05, 4.69) is 5.10 Å². The highest BCUT2D eigenvalue weighted by Gasteiger charge is 2.21. The maximum atomic E-state index is 12.8. The van der Waals surface area contributed by atoms with E-state index in [0.29, 0.717) is 12.3 Å². The van der Waals surface area contributed by atoms with Crippen LogP contribution in [0.2, 0.25) is 0 Å². The SMILES string of the molecule is COCc1[nH]n2c(=O)c3c(nc2c1-c1ccccc1)CCCC3. The van der Waals surface area contributed by atoms with Gasteiger partial charge in [-0.1, -0.05) is 30.3 Å². The number of aromatic nitrogens is 3. The van der Waals surface area contributed by atoms with Crippen LogP contribution in [0.1, 0.15) is 29.8 Å². The molecule has 0 saturated carbocycles. The molecular formula is C18H19N3O2. The third-order valence-corrected chi connectivity index (χ3v) is 4.48. The van der Waals surface area contributed by atoms with Crippen LogP contribution in [0, 0.1) is 0 Å². The van der Waals surface area contributed by atoms with Crippen molar-refractivity contribution in [2.75, 3.05) is 7.11 Å². The first-order chi connectivity index (χ1) is 11.3. The van der Waals surface area contributed by atoms with Gasteiger partial charge >= 0.3 is 0 Å². The zero-order chi connectivity index (χ0) is 15.8. The van der Waals surface area contributed by atoms with Gasteiger partial charge in [-0.3, -0.25) is 9.89 Å². The van der Waals surface area contributed by atoms with Crippen molar-refractivity contribution in [1.82, 2.24) is 14.6 Å². The summed E-state index contributed by atoms with van der Waals surface area (Å²) in [6, 6.07) is 10.0. The van der Waals surface area contributed by atoms with Gasteiger partial charge in [0, 0.05) is 18.2 Å². The summed E-state index contributed by atoms with van der Waals surface area (Å²) in [6.45, 7) is 0.414. The molecule has 0 amide bonds. The second-order valence-electron chi connectivity index (χ2n) is 5.97. The Labute approximate surface area is 133 Å². The number of benzene rings is 1. The molecule has 0 atom stereocenters. The van der Waals surface area contributed by atoms with Crippen LogP contribution in [-0.2, 0) is 24.2 Å². The Morgan fingerprint density at radius 1 is 1.22 bits per heavy atom. The van der Waals surface area contributed by atoms with Crippen LogP contribution in [0.25, 0.3) is 16.8 Å². The van der Waals surface area contributed by atoms with Crippen LogP contribution in [0.5, 0.6) is 0 Å². The van der Waals surface area contributed by atoms with E-state index in [9.17, 15) is 4.79 Å². The van der Waals surface area contributed by atoms with Crippen LogP contribution in [-0.4, -0.2) is 21.7 Å². The fourth-order valence-electron chi connectivity index (χ4n) is 3.41. The van der Waals surface area contributed by atoms with Gasteiger partial charge < -0.3 is 4.74 Å². The Hall–Kier alpha value is -2.40. The van der Waals surface area contributed by atoms with Gasteiger partial charge in [-0.25, -0.2) is 9.50 Å². The molecule has 0 bridgehead atoms. The molecule has 0 saturated heterocycles. The molecule has 0 spiro atoms. The number of ether oxygens (including phenoxy) is 1. The predicted octanol–water partition coefficient (Wildman–Crippen LogP) is 2.71. The highest BCUT2D eigenvalue weighted by molar-refractivity contribution is 5.80. The van der Waals surface area contributed by atoms with E-state index in [1.54, 1.807) is 11.6 Å². The standard InChI is InChI=1S/C18H19N3O2/c1-23-11-15-16(12-7-3-2-4-8-12)17-19-14-10-6-5-9-13(14)18(22)21(17)20-15/h2-4,7-8,20H,5-6,9-11H2,1H3. The summed E-state index contributed by atoms with van der Waals surface area (Å²) < 4.78 is 6.89. The molecule has 118 valence electrons. The third-order valence-electron chi connectivity index (χ3n) is 4.48. The normalized spacial score (nSPS) is 14.1. The first-order valence-corrected chi connectivity index (χ1v) is 7.99. The van der Waals surface area contributed by atoms with Gasteiger partial charge in [0.25, 0.3) is 5.56 Å². The molecule has 0 unspecified atom stereocenters. The number of nitrogens with one attached hydrogen (secondary N) is 1. The van der Waals surface area contributed by atoms with Crippen molar-refractivity contribution >= 4 is 5.65 Å². The summed E-state index contributed by atoms with van der Waals surface area (Å²) in [4.78, 5) is 17.7. The van der Waals surface area contributed by atoms with Crippen LogP contribution < -0.4 is 5.56 Å². The van der Waals surface area contributed by atoms with Gasteiger partial charge in [-0.15, -0.1) is 0 Å². The zero-order valence-corrected chi connectivity index (χ0v) is 13.1. The Morgan fingerprint density at radius 2 is 2.00 bits per heavy atom. The first-order valence-electron chi connectivity index (χ1n) is 7.99. The van der Waals surface area contributed by atoms with E-state index in [1.165, 1.54) is 0 Å². The van der Waals surface area contributed by atoms with E-state index < -0.39 is 0 Å². The highest BCUT2D eigenvalue weighted by Crippen LogP contribution is 2.28. The lowest BCUT2D eigenvalue weighted by molar-refractivity contribution is 0.181. The second-order valence-corrected chi connectivity index (χ2v) is 5.97. The Morgan fingerprint density at radius 3 is 2.78 bits per heavy atom. The van der Waals surface area contributed by atoms with E-state index in [0.717, 1.165) is 53.8 Å². The minimum atomic E-state index is 0.0317. The van der Waals surface area contributed by atoms with Crippen LogP contribution in [0.3, 0.4) is 0 Å². The summed E-state index contributed by atoms with van der Waals surface area (Å²) >= 11 is 0. The van der Waals surface area contributed by atoms with Crippen molar-refractivity contribution in [3.05, 3.63) is 57.6 Å². The fourth-order valence-corrected chi connectivity index (χ4v) is 3.41. The molecule has 5 nitrogen and oxygen atoms in total. The van der Waals surface area contributed by atoms with Crippen molar-refractivity contribution in [2.24, 2.45) is 0 Å². The number of hydrogen-bond acceptors (Lipinski definition) is 3. The minimum Gasteiger partial charge on any atom is -0.378 e. The molecule has 23 heavy (non-hydrogen) atoms. The molecule has 0 fully saturated rings. The van der Waals surface area contributed by atoms with Gasteiger partial charge in [0.2, 0.25) is 0 Å². The van der Waals surface area contributed by atoms with E-state index in [4.69, 9.17) is 9.72 Å². The molecular weight excluding hydrogens is 290 g/mol. The molecule has 4 rings (SSSR count). The lowest BCUT2D eigenvalue weighted by atomic mass is 9.97. The van der Waals surface area contributed by atoms with Crippen molar-refractivity contribution in [3.63, 3.8) is 0 Å². The topological polar surface area (TPSA) is 59.4 Å². The summed E-state index contributed by atoms with van der Waals surface area (Å²) in [5.74, 6) is 0. The summed E-state index contributed by atoms with van der Waals surface area (Å²) in [5.41, 5.74) is 5.43. The van der Waals surface area contributed by atoms with Crippen molar-refractivity contribution in [3.8, 4) is 11.1 Å². The number of H-pyrrole nitrogens is 1. The van der Waals surface area contributed by atoms with Crippen LogP contribution in [0.4, 0.5) is 0 Å². The maximum absolute atomic E-state index is 12.8. The maximum Gasteiger partial charge on any atom is 0.276 e. The zero-order valence-electron chi connectivity index (χ0n) is 13.1. The number of aryl methyl sites for hydroxylation is 1. The van der Waals surface area contributed by atoms with E-state index in [1.807, 2.05) is 30.3 Å². The minimum absolute atomic E-state index is 0.0317. The lowest BCUT2D eigenvalue weighted by Gasteiger charge is -2.13. The smallest absolute Gasteiger partial charge is 0.276 e. The van der Waals surface area contributed by atoms with Crippen molar-refractivity contribution in [2.45, 2.75) is 32.3 Å². The van der Waals surface area contributed by atoms with Gasteiger partial charge in [-0.05, 0) is 31.2 Å². The Bertz CT molecular complexity index is 909. The van der Waals surface area contributed by atoms with Gasteiger partial charge in [-0.2, -0.15) is 0 Å². The number of fused-ring (bicyclic) bond motifs is 2. The van der Waals surface area contributed by atoms with Gasteiger partial charge in [0.1, 0.15) is 0 Å². The molecule has 3 aromatic rings. The fraction of sp³-hybridized carbons (Fsp3) is 0.333. The summed E-state index contributed by atoms with van der Waals surface area (Å²) in [6.07, 6.45) is 3.88. The average molecular weight is 309 g/mol. The number of methoxy groups -OCH3 is 1. The van der Waals surface area contributed by atoms with Gasteiger partial charge in [0.15, 0.2) is 5.65 Å². The lowest BCUT2D eigenvalue weighted by Crippen LogP contribution is -2.25. The summed E-state index contributed by atoms with van der Waals surface area (Å²) in [7, 11) is 1.65. The average Bonchev–Trinajstić information content (AvgIpc) is 2.95. The first kappa shape index (κ1) is 14.2. The number of nitrogens with zero attached hydrogens (tertiary/aromatic N) is 2. The van der Waals surface area contributed by atoms with Crippen LogP contribution >= 0.6 is 0 Å². The van der Waals surface area contributed by atoms with Crippen LogP contribution in [0.15, 0.2) is 35.1 Å². The molecule has 2 heterocycles. The van der Waals surface area contributed by atoms with E-state index in [-0.39, 0.29) is 5.56 Å². The Kier molecular flexibility index (Phi) is 3.50. The van der Waals surface area contributed by atoms with Crippen molar-refractivity contribution < 1.29 is 4.74 Å². The van der Waals surface area contributed by atoms with Crippen molar-refractivity contribution in [1.29, 1.82) is 0 Å². The molecule has 0 aliphatic heterocycles. The third kappa shape index (κ3) is 2.28. The number of aromatic amines is 1. The molecule has 1 aliphatic carbocycles. The summed E-state index contributed by atoms with van der Waals surface area (Å²) in [5, 5.41) is 3.20. The molecule has 2 aromatic heterocycles. The number of hydrogen-bond donors (Lipinski definition) is 1. The largest absolute Gasteiger partial charge is 0.378 e.